The number of benzene rings is 1. The van der Waals surface area contributed by atoms with Gasteiger partial charge in [-0.15, -0.1) is 0 Å². The minimum absolute atomic E-state index is 0.194. The molecule has 2 heterocycles. The number of nitrogens with zero attached hydrogens (tertiary/aromatic N) is 3. The molecule has 1 aromatic carbocycles. The van der Waals surface area contributed by atoms with E-state index in [2.05, 4.69) is 9.97 Å². The number of pyridine rings is 1. The van der Waals surface area contributed by atoms with E-state index in [0.717, 1.165) is 25.1 Å². The number of ether oxygens (including phenoxy) is 1. The Morgan fingerprint density at radius 1 is 1.14 bits per heavy atom. The molecule has 0 aliphatic rings. The quantitative estimate of drug-likeness (QED) is 0.666. The van der Waals surface area contributed by atoms with Crippen LogP contribution in [-0.4, -0.2) is 22.0 Å². The molecule has 0 fully saturated rings. The number of rotatable bonds is 4. The first kappa shape index (κ1) is 19.1. The number of amides is 2. The van der Waals surface area contributed by atoms with Gasteiger partial charge in [-0.05, 0) is 11.6 Å². The Hall–Kier alpha value is -3.69. The lowest BCUT2D eigenvalue weighted by atomic mass is 10.1. The number of carbonyl (C=O) groups is 2. The van der Waals surface area contributed by atoms with Crippen LogP contribution in [-0.2, 0) is 17.5 Å². The number of hydrogen-bond acceptors (Lipinski definition) is 6. The molecule has 0 saturated carbocycles. The molecule has 0 unspecified atom stereocenters. The highest BCUT2D eigenvalue weighted by atomic mass is 19.4. The average molecular weight is 391 g/mol. The van der Waals surface area contributed by atoms with Gasteiger partial charge in [0.1, 0.15) is 12.9 Å². The van der Waals surface area contributed by atoms with E-state index >= 15 is 0 Å². The van der Waals surface area contributed by atoms with E-state index in [0.29, 0.717) is 16.5 Å². The van der Waals surface area contributed by atoms with E-state index in [9.17, 15) is 22.8 Å². The summed E-state index contributed by atoms with van der Waals surface area (Å²) >= 11 is 0. The Balaban J connectivity index is 1.91. The highest BCUT2D eigenvalue weighted by Crippen LogP contribution is 2.32. The van der Waals surface area contributed by atoms with E-state index in [1.165, 1.54) is 0 Å². The molecule has 3 aromatic rings. The molecule has 0 N–H and O–H groups in total. The summed E-state index contributed by atoms with van der Waals surface area (Å²) in [6.07, 6.45) is -2.55. The smallest absolute Gasteiger partial charge is 0.423 e. The zero-order chi connectivity index (χ0) is 20.1. The van der Waals surface area contributed by atoms with Crippen molar-refractivity contribution in [3.05, 3.63) is 78.1 Å². The largest absolute Gasteiger partial charge is 0.449 e. The van der Waals surface area contributed by atoms with Gasteiger partial charge >= 0.3 is 12.3 Å². The molecule has 144 valence electrons. The maximum Gasteiger partial charge on any atom is 0.423 e. The number of anilines is 1. The van der Waals surface area contributed by atoms with E-state index in [-0.39, 0.29) is 12.4 Å². The van der Waals surface area contributed by atoms with E-state index < -0.39 is 29.3 Å². The first-order valence-corrected chi connectivity index (χ1v) is 7.82. The van der Waals surface area contributed by atoms with Crippen LogP contribution in [0.5, 0.6) is 0 Å². The predicted molar refractivity (Wildman–Crippen MR) is 89.2 cm³/mol. The third kappa shape index (κ3) is 4.17. The van der Waals surface area contributed by atoms with Gasteiger partial charge in [-0.25, -0.2) is 4.79 Å². The number of aromatic nitrogens is 2. The minimum atomic E-state index is -4.82. The fourth-order valence-corrected chi connectivity index (χ4v) is 2.31. The topological polar surface area (TPSA) is 85.5 Å². The molecule has 0 bridgehead atoms. The first-order valence-electron chi connectivity index (χ1n) is 7.82. The number of oxazole rings is 1. The van der Waals surface area contributed by atoms with Gasteiger partial charge in [0.25, 0.3) is 5.91 Å². The molecule has 28 heavy (non-hydrogen) atoms. The lowest BCUT2D eigenvalue weighted by molar-refractivity contribution is -0.138. The van der Waals surface area contributed by atoms with E-state index in [4.69, 9.17) is 9.15 Å². The third-order valence-corrected chi connectivity index (χ3v) is 3.60. The molecule has 0 saturated heterocycles. The van der Waals surface area contributed by atoms with Crippen molar-refractivity contribution in [1.29, 1.82) is 0 Å². The summed E-state index contributed by atoms with van der Waals surface area (Å²) in [5.41, 5.74) is -1.44. The lowest BCUT2D eigenvalue weighted by Gasteiger charge is -2.19. The predicted octanol–water partition coefficient (Wildman–Crippen LogP) is 4.07. The van der Waals surface area contributed by atoms with Gasteiger partial charge in [-0.3, -0.25) is 9.78 Å². The molecule has 2 amide bonds. The maximum atomic E-state index is 13.2. The van der Waals surface area contributed by atoms with Crippen LogP contribution in [0, 0.1) is 0 Å². The van der Waals surface area contributed by atoms with Gasteiger partial charge in [0, 0.05) is 12.4 Å². The van der Waals surface area contributed by atoms with Gasteiger partial charge in [0.15, 0.2) is 12.2 Å². The van der Waals surface area contributed by atoms with Gasteiger partial charge in [-0.2, -0.15) is 23.1 Å². The van der Waals surface area contributed by atoms with Gasteiger partial charge in [0.2, 0.25) is 0 Å². The van der Waals surface area contributed by atoms with Crippen molar-refractivity contribution >= 4 is 17.8 Å². The second kappa shape index (κ2) is 7.91. The summed E-state index contributed by atoms with van der Waals surface area (Å²) in [4.78, 5) is 32.8. The molecule has 7 nitrogen and oxygen atoms in total. The standard InChI is InChI=1S/C18H12F3N3O4/c19-18(20,21)14-6-7-22-8-13(14)16(25)24(15-10-27-11-23-15)17(26)28-9-12-4-2-1-3-5-12/h1-8,10-11H,9H2. The highest BCUT2D eigenvalue weighted by molar-refractivity contribution is 6.19. The number of hydrogen-bond donors (Lipinski definition) is 0. The SMILES string of the molecule is O=C(OCc1ccccc1)N(C(=O)c1cnccc1C(F)(F)F)c1cocn1. The zero-order valence-electron chi connectivity index (χ0n) is 14.1. The molecule has 2 aromatic heterocycles. The van der Waals surface area contributed by atoms with Crippen LogP contribution in [0.1, 0.15) is 21.5 Å². The second-order valence-electron chi connectivity index (χ2n) is 5.45. The number of alkyl halides is 3. The van der Waals surface area contributed by atoms with E-state index in [1.54, 1.807) is 30.3 Å². The highest BCUT2D eigenvalue weighted by Gasteiger charge is 2.38. The van der Waals surface area contributed by atoms with Crippen molar-refractivity contribution in [2.45, 2.75) is 12.8 Å². The average Bonchev–Trinajstić information content (AvgIpc) is 3.21. The molecule has 0 aliphatic heterocycles. The van der Waals surface area contributed by atoms with Crippen LogP contribution >= 0.6 is 0 Å². The summed E-state index contributed by atoms with van der Waals surface area (Å²) in [6, 6.07) is 9.20. The molecule has 0 atom stereocenters. The molecule has 0 radical (unpaired) electrons. The molecular formula is C18H12F3N3O4. The fourth-order valence-electron chi connectivity index (χ4n) is 2.31. The normalized spacial score (nSPS) is 11.1. The number of imide groups is 1. The van der Waals surface area contributed by atoms with Gasteiger partial charge in [0.05, 0.1) is 11.1 Å². The summed E-state index contributed by atoms with van der Waals surface area (Å²) in [5, 5.41) is 0. The van der Waals surface area contributed by atoms with Crippen LogP contribution < -0.4 is 4.90 Å². The van der Waals surface area contributed by atoms with Crippen LogP contribution in [0.25, 0.3) is 0 Å². The Morgan fingerprint density at radius 3 is 2.54 bits per heavy atom. The molecular weight excluding hydrogens is 379 g/mol. The van der Waals surface area contributed by atoms with Crippen molar-refractivity contribution in [2.24, 2.45) is 0 Å². The molecule has 3 rings (SSSR count). The molecule has 0 aliphatic carbocycles. The summed E-state index contributed by atoms with van der Waals surface area (Å²) in [7, 11) is 0. The lowest BCUT2D eigenvalue weighted by Crippen LogP contribution is -2.38. The summed E-state index contributed by atoms with van der Waals surface area (Å²) in [5.74, 6) is -1.62. The number of halogens is 3. The van der Waals surface area contributed by atoms with E-state index in [1.807, 2.05) is 0 Å². The summed E-state index contributed by atoms with van der Waals surface area (Å²) < 4.78 is 49.5. The Kier molecular flexibility index (Phi) is 5.39. The van der Waals surface area contributed by atoms with Crippen molar-refractivity contribution < 1.29 is 31.9 Å². The maximum absolute atomic E-state index is 13.2. The van der Waals surface area contributed by atoms with Crippen molar-refractivity contribution in [3.63, 3.8) is 0 Å². The van der Waals surface area contributed by atoms with Crippen LogP contribution in [0.2, 0.25) is 0 Å². The Morgan fingerprint density at radius 2 is 1.89 bits per heavy atom. The monoisotopic (exact) mass is 391 g/mol. The zero-order valence-corrected chi connectivity index (χ0v) is 14.1. The molecule has 10 heteroatoms. The van der Waals surface area contributed by atoms with Gasteiger partial charge < -0.3 is 9.15 Å². The van der Waals surface area contributed by atoms with Crippen molar-refractivity contribution in [3.8, 4) is 0 Å². The first-order chi connectivity index (χ1) is 13.4. The third-order valence-electron chi connectivity index (χ3n) is 3.60. The Labute approximate surface area is 156 Å². The summed E-state index contributed by atoms with van der Waals surface area (Å²) in [6.45, 7) is -0.194. The Bertz CT molecular complexity index is 960. The second-order valence-corrected chi connectivity index (χ2v) is 5.45. The minimum Gasteiger partial charge on any atom is -0.449 e. The number of carbonyl (C=O) groups excluding carboxylic acids is 2. The van der Waals surface area contributed by atoms with Crippen molar-refractivity contribution in [1.82, 2.24) is 9.97 Å². The fraction of sp³-hybridized carbons (Fsp3) is 0.111. The van der Waals surface area contributed by atoms with Crippen molar-refractivity contribution in [2.75, 3.05) is 4.90 Å². The van der Waals surface area contributed by atoms with Gasteiger partial charge in [-0.1, -0.05) is 30.3 Å². The van der Waals surface area contributed by atoms with Crippen LogP contribution in [0.15, 0.2) is 65.9 Å². The molecule has 0 spiro atoms. The van der Waals surface area contributed by atoms with Crippen LogP contribution in [0.3, 0.4) is 0 Å². The van der Waals surface area contributed by atoms with Crippen LogP contribution in [0.4, 0.5) is 23.8 Å².